The number of aromatic hydroxyl groups is 1. The maximum absolute atomic E-state index is 12.0. The number of nitro groups is 1. The second-order valence-corrected chi connectivity index (χ2v) is 4.02. The van der Waals surface area contributed by atoms with Crippen LogP contribution in [0.5, 0.6) is 5.75 Å². The molecule has 1 aromatic carbocycles. The number of pyridine rings is 1. The molecule has 98 valence electrons. The summed E-state index contributed by atoms with van der Waals surface area (Å²) in [6, 6.07) is 6.46. The molecule has 1 N–H and O–H groups in total. The molecule has 0 aliphatic carbocycles. The first-order chi connectivity index (χ1) is 8.93. The molecule has 1 aromatic heterocycles. The Morgan fingerprint density at radius 1 is 1.42 bits per heavy atom. The molecule has 0 atom stereocenters. The molecule has 0 saturated carbocycles. The van der Waals surface area contributed by atoms with Crippen LogP contribution < -0.4 is 5.56 Å². The molecular formula is C12H10N2O5. The maximum atomic E-state index is 12.0. The van der Waals surface area contributed by atoms with Crippen molar-refractivity contribution in [3.05, 3.63) is 50.3 Å². The Balaban J connectivity index is 2.79. The molecule has 0 unspecified atom stereocenters. The van der Waals surface area contributed by atoms with Crippen LogP contribution in [0.1, 0.15) is 10.4 Å². The van der Waals surface area contributed by atoms with Gasteiger partial charge in [0.25, 0.3) is 12.1 Å². The highest BCUT2D eigenvalue weighted by Gasteiger charge is 2.24. The zero-order valence-corrected chi connectivity index (χ0v) is 9.99. The van der Waals surface area contributed by atoms with Gasteiger partial charge in [0.1, 0.15) is 11.3 Å². The van der Waals surface area contributed by atoms with Gasteiger partial charge < -0.3 is 9.67 Å². The number of para-hydroxylation sites is 1. The molecule has 2 aromatic rings. The number of carbonyl (C=O) groups excluding carboxylic acids is 1. The summed E-state index contributed by atoms with van der Waals surface area (Å²) in [5.41, 5.74) is -0.844. The summed E-state index contributed by atoms with van der Waals surface area (Å²) in [6.45, 7) is -1.03. The number of nitrogens with zero attached hydrogens (tertiary/aromatic N) is 2. The zero-order valence-electron chi connectivity index (χ0n) is 9.99. The molecule has 2 rings (SSSR count). The van der Waals surface area contributed by atoms with Crippen LogP contribution in [0, 0.1) is 10.1 Å². The molecule has 0 radical (unpaired) electrons. The van der Waals surface area contributed by atoms with Crippen LogP contribution >= 0.6 is 0 Å². The van der Waals surface area contributed by atoms with E-state index in [0.717, 1.165) is 0 Å². The van der Waals surface area contributed by atoms with Gasteiger partial charge in [0.2, 0.25) is 5.78 Å². The van der Waals surface area contributed by atoms with E-state index in [-0.39, 0.29) is 0 Å². The van der Waals surface area contributed by atoms with Crippen molar-refractivity contribution in [2.24, 2.45) is 7.05 Å². The number of hydrogen-bond donors (Lipinski definition) is 1. The number of fused-ring (bicyclic) bond motifs is 1. The Morgan fingerprint density at radius 3 is 2.68 bits per heavy atom. The summed E-state index contributed by atoms with van der Waals surface area (Å²) in [6.07, 6.45) is 0. The van der Waals surface area contributed by atoms with Gasteiger partial charge in [-0.05, 0) is 12.1 Å². The lowest BCUT2D eigenvalue weighted by Gasteiger charge is -2.09. The van der Waals surface area contributed by atoms with E-state index in [1.165, 1.54) is 17.7 Å². The Kier molecular flexibility index (Phi) is 3.04. The first-order valence-electron chi connectivity index (χ1n) is 5.39. The third kappa shape index (κ3) is 2.05. The fourth-order valence-corrected chi connectivity index (χ4v) is 1.93. The van der Waals surface area contributed by atoms with Gasteiger partial charge in [-0.2, -0.15) is 0 Å². The quantitative estimate of drug-likeness (QED) is 0.498. The highest BCUT2D eigenvalue weighted by Crippen LogP contribution is 2.25. The van der Waals surface area contributed by atoms with Crippen molar-refractivity contribution >= 4 is 16.7 Å². The second-order valence-electron chi connectivity index (χ2n) is 4.02. The maximum Gasteiger partial charge on any atom is 0.266 e. The smallest absolute Gasteiger partial charge is 0.266 e. The summed E-state index contributed by atoms with van der Waals surface area (Å²) in [4.78, 5) is 33.2. The van der Waals surface area contributed by atoms with Gasteiger partial charge in [-0.15, -0.1) is 0 Å². The lowest BCUT2D eigenvalue weighted by atomic mass is 10.1. The monoisotopic (exact) mass is 262 g/mol. The lowest BCUT2D eigenvalue weighted by Crippen LogP contribution is -2.28. The van der Waals surface area contributed by atoms with E-state index in [1.54, 1.807) is 18.2 Å². The molecule has 0 spiro atoms. The number of aryl methyl sites for hydroxylation is 1. The van der Waals surface area contributed by atoms with Crippen molar-refractivity contribution in [1.82, 2.24) is 4.57 Å². The highest BCUT2D eigenvalue weighted by molar-refractivity contribution is 6.04. The number of aromatic nitrogens is 1. The first kappa shape index (κ1) is 12.7. The van der Waals surface area contributed by atoms with Gasteiger partial charge in [0.05, 0.1) is 5.52 Å². The van der Waals surface area contributed by atoms with Crippen LogP contribution in [-0.2, 0) is 7.05 Å². The van der Waals surface area contributed by atoms with Crippen molar-refractivity contribution in [1.29, 1.82) is 0 Å². The SMILES string of the molecule is Cn1c(=O)c(C(=O)C[N+](=O)[O-])c(O)c2ccccc21. The van der Waals surface area contributed by atoms with E-state index in [4.69, 9.17) is 0 Å². The summed E-state index contributed by atoms with van der Waals surface area (Å²) >= 11 is 0. The van der Waals surface area contributed by atoms with Crippen LogP contribution in [-0.4, -0.2) is 26.9 Å². The van der Waals surface area contributed by atoms with E-state index in [9.17, 15) is 24.8 Å². The van der Waals surface area contributed by atoms with Crippen molar-refractivity contribution < 1.29 is 14.8 Å². The predicted octanol–water partition coefficient (Wildman–Crippen LogP) is 0.704. The molecule has 0 amide bonds. The predicted molar refractivity (Wildman–Crippen MR) is 67.0 cm³/mol. The minimum Gasteiger partial charge on any atom is -0.506 e. The van der Waals surface area contributed by atoms with E-state index in [2.05, 4.69) is 0 Å². The van der Waals surface area contributed by atoms with Crippen LogP contribution in [0.15, 0.2) is 29.1 Å². The molecule has 19 heavy (non-hydrogen) atoms. The van der Waals surface area contributed by atoms with Gasteiger partial charge >= 0.3 is 0 Å². The number of Topliss-reactive ketones (excluding diaryl/α,β-unsaturated/α-hetero) is 1. The Bertz CT molecular complexity index is 748. The highest BCUT2D eigenvalue weighted by atomic mass is 16.6. The molecule has 0 aliphatic rings. The van der Waals surface area contributed by atoms with Crippen LogP contribution in [0.4, 0.5) is 0 Å². The standard InChI is InChI=1S/C12H10N2O5/c1-13-8-5-3-2-4-7(8)11(16)10(12(13)17)9(15)6-14(18)19/h2-5,16H,6H2,1H3. The summed E-state index contributed by atoms with van der Waals surface area (Å²) in [7, 11) is 1.44. The molecule has 0 bridgehead atoms. The van der Waals surface area contributed by atoms with Crippen molar-refractivity contribution in [2.75, 3.05) is 6.54 Å². The third-order valence-corrected chi connectivity index (χ3v) is 2.83. The molecule has 0 fully saturated rings. The lowest BCUT2D eigenvalue weighted by molar-refractivity contribution is -0.465. The van der Waals surface area contributed by atoms with Crippen LogP contribution in [0.25, 0.3) is 10.9 Å². The normalized spacial score (nSPS) is 10.6. The van der Waals surface area contributed by atoms with E-state index < -0.39 is 34.1 Å². The fraction of sp³-hybridized carbons (Fsp3) is 0.167. The van der Waals surface area contributed by atoms with Crippen molar-refractivity contribution in [3.63, 3.8) is 0 Å². The van der Waals surface area contributed by atoms with Gasteiger partial charge in [-0.25, -0.2) is 0 Å². The molecule has 0 saturated heterocycles. The number of hydrogen-bond acceptors (Lipinski definition) is 5. The van der Waals surface area contributed by atoms with Gasteiger partial charge in [0.15, 0.2) is 0 Å². The molecule has 1 heterocycles. The molecule has 0 aliphatic heterocycles. The van der Waals surface area contributed by atoms with E-state index >= 15 is 0 Å². The minimum atomic E-state index is -1.03. The topological polar surface area (TPSA) is 102 Å². The summed E-state index contributed by atoms with van der Waals surface area (Å²) < 4.78 is 1.18. The Morgan fingerprint density at radius 2 is 2.05 bits per heavy atom. The molecule has 7 nitrogen and oxygen atoms in total. The minimum absolute atomic E-state index is 0.302. The second kappa shape index (κ2) is 4.52. The molecule has 7 heteroatoms. The van der Waals surface area contributed by atoms with Crippen molar-refractivity contribution in [3.8, 4) is 5.75 Å². The number of rotatable bonds is 3. The number of carbonyl (C=O) groups is 1. The Labute approximate surface area is 106 Å². The number of benzene rings is 1. The summed E-state index contributed by atoms with van der Waals surface area (Å²) in [5.74, 6) is -1.51. The zero-order chi connectivity index (χ0) is 14.2. The Hall–Kier alpha value is -2.70. The van der Waals surface area contributed by atoms with Gasteiger partial charge in [0, 0.05) is 17.4 Å². The average Bonchev–Trinajstić information content (AvgIpc) is 2.35. The first-order valence-corrected chi connectivity index (χ1v) is 5.39. The summed E-state index contributed by atoms with van der Waals surface area (Å²) in [5, 5.41) is 20.6. The fourth-order valence-electron chi connectivity index (χ4n) is 1.93. The van der Waals surface area contributed by atoms with Crippen LogP contribution in [0.2, 0.25) is 0 Å². The van der Waals surface area contributed by atoms with Crippen LogP contribution in [0.3, 0.4) is 0 Å². The van der Waals surface area contributed by atoms with E-state index in [1.807, 2.05) is 0 Å². The third-order valence-electron chi connectivity index (χ3n) is 2.83. The molecular weight excluding hydrogens is 252 g/mol. The van der Waals surface area contributed by atoms with Crippen molar-refractivity contribution in [2.45, 2.75) is 0 Å². The number of ketones is 1. The van der Waals surface area contributed by atoms with E-state index in [0.29, 0.717) is 10.9 Å². The van der Waals surface area contributed by atoms with Gasteiger partial charge in [-0.1, -0.05) is 12.1 Å². The van der Waals surface area contributed by atoms with Gasteiger partial charge in [-0.3, -0.25) is 19.7 Å². The largest absolute Gasteiger partial charge is 0.506 e. The average molecular weight is 262 g/mol.